The number of halogens is 1. The predicted molar refractivity (Wildman–Crippen MR) is 63.8 cm³/mol. The van der Waals surface area contributed by atoms with Crippen molar-refractivity contribution in [1.29, 1.82) is 0 Å². The summed E-state index contributed by atoms with van der Waals surface area (Å²) in [6.45, 7) is 0. The van der Waals surface area contributed by atoms with Gasteiger partial charge in [-0.1, -0.05) is 18.2 Å². The Morgan fingerprint density at radius 2 is 2.12 bits per heavy atom. The molecule has 3 rings (SSSR count). The first-order chi connectivity index (χ1) is 8.24. The highest BCUT2D eigenvalue weighted by molar-refractivity contribution is 5.61. The lowest BCUT2D eigenvalue weighted by atomic mass is 10.0. The molecule has 4 heteroatoms. The number of anilines is 1. The Bertz CT molecular complexity index is 564. The average Bonchev–Trinajstić information content (AvgIpc) is 3.17. The van der Waals surface area contributed by atoms with Gasteiger partial charge in [0.05, 0.1) is 6.20 Å². The number of aromatic nitrogens is 2. The maximum absolute atomic E-state index is 13.6. The molecule has 0 unspecified atom stereocenters. The van der Waals surface area contributed by atoms with Crippen LogP contribution in [0.4, 0.5) is 10.3 Å². The minimum absolute atomic E-state index is 0.0956. The monoisotopic (exact) mass is 229 g/mol. The summed E-state index contributed by atoms with van der Waals surface area (Å²) in [6, 6.07) is 7.84. The number of hydrogen-bond donors (Lipinski definition) is 1. The lowest BCUT2D eigenvalue weighted by Gasteiger charge is -2.05. The van der Waals surface area contributed by atoms with Gasteiger partial charge in [-0.3, -0.25) is 0 Å². The number of hydrogen-bond acceptors (Lipinski definition) is 3. The average molecular weight is 229 g/mol. The molecule has 1 aliphatic carbocycles. The number of benzene rings is 1. The Kier molecular flexibility index (Phi) is 2.28. The van der Waals surface area contributed by atoms with Crippen molar-refractivity contribution < 1.29 is 4.39 Å². The van der Waals surface area contributed by atoms with Gasteiger partial charge in [0.25, 0.3) is 0 Å². The third-order valence-electron chi connectivity index (χ3n) is 2.97. The maximum atomic E-state index is 13.6. The smallest absolute Gasteiger partial charge is 0.220 e. The van der Waals surface area contributed by atoms with Gasteiger partial charge < -0.3 is 5.73 Å². The quantitative estimate of drug-likeness (QED) is 0.861. The van der Waals surface area contributed by atoms with E-state index in [0.29, 0.717) is 5.92 Å². The van der Waals surface area contributed by atoms with Crippen molar-refractivity contribution >= 4 is 5.95 Å². The Labute approximate surface area is 98.5 Å². The fourth-order valence-electron chi connectivity index (χ4n) is 1.94. The van der Waals surface area contributed by atoms with Crippen LogP contribution in [-0.4, -0.2) is 9.97 Å². The van der Waals surface area contributed by atoms with E-state index in [1.807, 2.05) is 18.2 Å². The highest BCUT2D eigenvalue weighted by atomic mass is 19.1. The van der Waals surface area contributed by atoms with Gasteiger partial charge in [0.2, 0.25) is 5.95 Å². The number of rotatable bonds is 2. The van der Waals surface area contributed by atoms with Crippen LogP contribution in [0.1, 0.15) is 24.3 Å². The minimum atomic E-state index is -0.438. The Balaban J connectivity index is 2.07. The molecule has 0 bridgehead atoms. The molecule has 1 heterocycles. The van der Waals surface area contributed by atoms with E-state index in [4.69, 9.17) is 5.73 Å². The summed E-state index contributed by atoms with van der Waals surface area (Å²) in [6.07, 6.45) is 3.55. The van der Waals surface area contributed by atoms with Crippen LogP contribution in [0.2, 0.25) is 0 Å². The van der Waals surface area contributed by atoms with Crippen molar-refractivity contribution in [2.45, 2.75) is 18.8 Å². The van der Waals surface area contributed by atoms with Crippen molar-refractivity contribution in [3.05, 3.63) is 41.8 Å². The van der Waals surface area contributed by atoms with Crippen molar-refractivity contribution in [1.82, 2.24) is 9.97 Å². The van der Waals surface area contributed by atoms with Gasteiger partial charge in [-0.2, -0.15) is 0 Å². The second-order valence-electron chi connectivity index (χ2n) is 4.32. The SMILES string of the molecule is Nc1ncc(F)c(-c2cccc(C3CC3)c2)n1. The van der Waals surface area contributed by atoms with Crippen LogP contribution in [0.3, 0.4) is 0 Å². The van der Waals surface area contributed by atoms with Crippen molar-refractivity contribution in [2.75, 3.05) is 5.73 Å². The third kappa shape index (κ3) is 1.98. The second-order valence-corrected chi connectivity index (χ2v) is 4.32. The normalized spacial score (nSPS) is 14.9. The molecule has 17 heavy (non-hydrogen) atoms. The molecular weight excluding hydrogens is 217 g/mol. The molecule has 0 radical (unpaired) electrons. The summed E-state index contributed by atoms with van der Waals surface area (Å²) in [4.78, 5) is 7.58. The van der Waals surface area contributed by atoms with Crippen molar-refractivity contribution in [2.24, 2.45) is 0 Å². The fourth-order valence-corrected chi connectivity index (χ4v) is 1.94. The highest BCUT2D eigenvalue weighted by Gasteiger charge is 2.23. The molecule has 3 nitrogen and oxygen atoms in total. The molecule has 0 saturated heterocycles. The number of nitrogens with zero attached hydrogens (tertiary/aromatic N) is 2. The van der Waals surface area contributed by atoms with Crippen LogP contribution < -0.4 is 5.73 Å². The van der Waals surface area contributed by atoms with E-state index in [0.717, 1.165) is 11.8 Å². The van der Waals surface area contributed by atoms with Gasteiger partial charge in [-0.25, -0.2) is 14.4 Å². The molecule has 1 aromatic heterocycles. The summed E-state index contributed by atoms with van der Waals surface area (Å²) >= 11 is 0. The topological polar surface area (TPSA) is 51.8 Å². The van der Waals surface area contributed by atoms with Crippen LogP contribution in [0.25, 0.3) is 11.3 Å². The van der Waals surface area contributed by atoms with E-state index in [1.54, 1.807) is 0 Å². The molecule has 86 valence electrons. The molecule has 1 saturated carbocycles. The van der Waals surface area contributed by atoms with Crippen LogP contribution in [0.15, 0.2) is 30.5 Å². The molecule has 1 aromatic carbocycles. The van der Waals surface area contributed by atoms with Gasteiger partial charge in [0, 0.05) is 5.56 Å². The molecule has 1 aliphatic rings. The predicted octanol–water partition coefficient (Wildman–Crippen LogP) is 2.74. The molecule has 0 aliphatic heterocycles. The van der Waals surface area contributed by atoms with Gasteiger partial charge in [0.15, 0.2) is 5.82 Å². The molecular formula is C13H12FN3. The van der Waals surface area contributed by atoms with E-state index >= 15 is 0 Å². The lowest BCUT2D eigenvalue weighted by Crippen LogP contribution is -1.99. The molecule has 1 fully saturated rings. The molecule has 0 amide bonds. The van der Waals surface area contributed by atoms with Crippen LogP contribution in [0, 0.1) is 5.82 Å². The Hall–Kier alpha value is -1.97. The zero-order valence-corrected chi connectivity index (χ0v) is 9.23. The summed E-state index contributed by atoms with van der Waals surface area (Å²) in [7, 11) is 0. The van der Waals surface area contributed by atoms with Gasteiger partial charge in [-0.15, -0.1) is 0 Å². The first-order valence-electron chi connectivity index (χ1n) is 5.62. The van der Waals surface area contributed by atoms with E-state index < -0.39 is 5.82 Å². The zero-order valence-electron chi connectivity index (χ0n) is 9.23. The first kappa shape index (κ1) is 10.2. The van der Waals surface area contributed by atoms with E-state index in [-0.39, 0.29) is 11.6 Å². The fraction of sp³-hybridized carbons (Fsp3) is 0.231. The van der Waals surface area contributed by atoms with E-state index in [1.165, 1.54) is 18.4 Å². The van der Waals surface area contributed by atoms with Crippen LogP contribution in [0.5, 0.6) is 0 Å². The van der Waals surface area contributed by atoms with Crippen LogP contribution in [-0.2, 0) is 0 Å². The Morgan fingerprint density at radius 1 is 1.29 bits per heavy atom. The van der Waals surface area contributed by atoms with E-state index in [9.17, 15) is 4.39 Å². The first-order valence-corrected chi connectivity index (χ1v) is 5.62. The molecule has 2 aromatic rings. The third-order valence-corrected chi connectivity index (χ3v) is 2.97. The summed E-state index contributed by atoms with van der Waals surface area (Å²) in [5.74, 6) is 0.294. The van der Waals surface area contributed by atoms with Gasteiger partial charge in [0.1, 0.15) is 5.69 Å². The minimum Gasteiger partial charge on any atom is -0.368 e. The summed E-state index contributed by atoms with van der Waals surface area (Å²) < 4.78 is 13.6. The molecule has 2 N–H and O–H groups in total. The highest BCUT2D eigenvalue weighted by Crippen LogP contribution is 2.41. The molecule has 0 spiro atoms. The van der Waals surface area contributed by atoms with Crippen molar-refractivity contribution in [3.63, 3.8) is 0 Å². The standard InChI is InChI=1S/C13H12FN3/c14-11-7-16-13(15)17-12(11)10-3-1-2-9(6-10)8-4-5-8/h1-3,6-8H,4-5H2,(H2,15,16,17). The van der Waals surface area contributed by atoms with E-state index in [2.05, 4.69) is 16.0 Å². The summed E-state index contributed by atoms with van der Waals surface area (Å²) in [5.41, 5.74) is 7.78. The van der Waals surface area contributed by atoms with Gasteiger partial charge in [-0.05, 0) is 30.4 Å². The largest absolute Gasteiger partial charge is 0.368 e. The second kappa shape index (κ2) is 3.80. The van der Waals surface area contributed by atoms with Gasteiger partial charge >= 0.3 is 0 Å². The zero-order chi connectivity index (χ0) is 11.8. The van der Waals surface area contributed by atoms with Crippen LogP contribution >= 0.6 is 0 Å². The number of nitrogen functional groups attached to an aromatic ring is 1. The van der Waals surface area contributed by atoms with Crippen molar-refractivity contribution in [3.8, 4) is 11.3 Å². The Morgan fingerprint density at radius 3 is 2.88 bits per heavy atom. The number of nitrogens with two attached hydrogens (primary N) is 1. The maximum Gasteiger partial charge on any atom is 0.220 e. The summed E-state index contributed by atoms with van der Waals surface area (Å²) in [5, 5.41) is 0. The lowest BCUT2D eigenvalue weighted by molar-refractivity contribution is 0.619. The molecule has 0 atom stereocenters.